The van der Waals surface area contributed by atoms with Crippen molar-refractivity contribution in [1.29, 1.82) is 0 Å². The number of rotatable bonds is 2. The second-order valence-electron chi connectivity index (χ2n) is 4.35. The van der Waals surface area contributed by atoms with Gasteiger partial charge in [-0.25, -0.2) is 0 Å². The molecule has 1 heterocycles. The Bertz CT molecular complexity index is 509. The van der Waals surface area contributed by atoms with Crippen LogP contribution in [0.1, 0.15) is 30.2 Å². The second kappa shape index (κ2) is 3.33. The van der Waals surface area contributed by atoms with Crippen LogP contribution in [0.5, 0.6) is 0 Å². The third kappa shape index (κ3) is 1.66. The van der Waals surface area contributed by atoms with Gasteiger partial charge in [-0.15, -0.1) is 10.2 Å². The molecule has 0 atom stereocenters. The number of nitrogen functional groups attached to an aromatic ring is 1. The molecule has 82 valence electrons. The van der Waals surface area contributed by atoms with E-state index in [0.717, 1.165) is 35.5 Å². The van der Waals surface area contributed by atoms with Crippen LogP contribution in [0.15, 0.2) is 22.6 Å². The zero-order valence-corrected chi connectivity index (χ0v) is 9.10. The molecular formula is C12H13N3O. The van der Waals surface area contributed by atoms with E-state index in [1.165, 1.54) is 0 Å². The summed E-state index contributed by atoms with van der Waals surface area (Å²) < 4.78 is 5.63. The molecule has 1 fully saturated rings. The van der Waals surface area contributed by atoms with Gasteiger partial charge in [0.25, 0.3) is 0 Å². The first-order valence-corrected chi connectivity index (χ1v) is 5.43. The van der Waals surface area contributed by atoms with Crippen LogP contribution in [-0.4, -0.2) is 10.2 Å². The molecule has 1 aliphatic carbocycles. The average molecular weight is 215 g/mol. The fourth-order valence-electron chi connectivity index (χ4n) is 1.78. The van der Waals surface area contributed by atoms with E-state index in [4.69, 9.17) is 10.2 Å². The van der Waals surface area contributed by atoms with Gasteiger partial charge < -0.3 is 10.2 Å². The number of hydrogen-bond donors (Lipinski definition) is 1. The summed E-state index contributed by atoms with van der Waals surface area (Å²) in [5.74, 6) is 1.82. The van der Waals surface area contributed by atoms with Crippen molar-refractivity contribution in [2.45, 2.75) is 25.7 Å². The predicted octanol–water partition coefficient (Wildman–Crippen LogP) is 2.50. The van der Waals surface area contributed by atoms with Crippen molar-refractivity contribution >= 4 is 5.69 Å². The summed E-state index contributed by atoms with van der Waals surface area (Å²) in [6.45, 7) is 2.00. The summed E-state index contributed by atoms with van der Waals surface area (Å²) in [7, 11) is 0. The van der Waals surface area contributed by atoms with E-state index in [-0.39, 0.29) is 0 Å². The Morgan fingerprint density at radius 1 is 1.25 bits per heavy atom. The van der Waals surface area contributed by atoms with Gasteiger partial charge in [0.05, 0.1) is 0 Å². The third-order valence-corrected chi connectivity index (χ3v) is 2.71. The lowest BCUT2D eigenvalue weighted by Crippen LogP contribution is -1.87. The van der Waals surface area contributed by atoms with Gasteiger partial charge >= 0.3 is 0 Å². The molecule has 0 amide bonds. The number of anilines is 1. The van der Waals surface area contributed by atoms with Crippen LogP contribution < -0.4 is 5.73 Å². The fourth-order valence-corrected chi connectivity index (χ4v) is 1.78. The standard InChI is InChI=1S/C12H13N3O/c1-7-4-9(6-10(13)5-7)12-15-14-11(16-12)8-2-3-8/h4-6,8H,2-3,13H2,1H3. The van der Waals surface area contributed by atoms with Crippen molar-refractivity contribution in [2.75, 3.05) is 5.73 Å². The van der Waals surface area contributed by atoms with Crippen molar-refractivity contribution in [1.82, 2.24) is 10.2 Å². The number of hydrogen-bond acceptors (Lipinski definition) is 4. The summed E-state index contributed by atoms with van der Waals surface area (Å²) in [4.78, 5) is 0. The van der Waals surface area contributed by atoms with Crippen LogP contribution in [0.25, 0.3) is 11.5 Å². The Hall–Kier alpha value is -1.84. The van der Waals surface area contributed by atoms with Crippen LogP contribution >= 0.6 is 0 Å². The van der Waals surface area contributed by atoms with Gasteiger partial charge in [0.15, 0.2) is 0 Å². The van der Waals surface area contributed by atoms with Gasteiger partial charge in [0.2, 0.25) is 11.8 Å². The van der Waals surface area contributed by atoms with Crippen molar-refractivity contribution in [3.8, 4) is 11.5 Å². The molecule has 1 saturated carbocycles. The van der Waals surface area contributed by atoms with Crippen LogP contribution in [0.4, 0.5) is 5.69 Å². The molecule has 0 bridgehead atoms. The zero-order chi connectivity index (χ0) is 11.1. The van der Waals surface area contributed by atoms with Crippen LogP contribution in [0.3, 0.4) is 0 Å². The van der Waals surface area contributed by atoms with Crippen LogP contribution in [-0.2, 0) is 0 Å². The highest BCUT2D eigenvalue weighted by Crippen LogP contribution is 2.40. The highest BCUT2D eigenvalue weighted by molar-refractivity contribution is 5.61. The molecule has 2 aromatic rings. The largest absolute Gasteiger partial charge is 0.420 e. The number of aromatic nitrogens is 2. The van der Waals surface area contributed by atoms with Gasteiger partial charge in [-0.2, -0.15) is 0 Å². The van der Waals surface area contributed by atoms with Crippen molar-refractivity contribution < 1.29 is 4.42 Å². The number of aryl methyl sites for hydroxylation is 1. The lowest BCUT2D eigenvalue weighted by Gasteiger charge is -1.99. The maximum Gasteiger partial charge on any atom is 0.247 e. The zero-order valence-electron chi connectivity index (χ0n) is 9.10. The van der Waals surface area contributed by atoms with E-state index in [0.29, 0.717) is 11.8 Å². The normalized spacial score (nSPS) is 15.3. The van der Waals surface area contributed by atoms with E-state index in [2.05, 4.69) is 10.2 Å². The highest BCUT2D eigenvalue weighted by Gasteiger charge is 2.29. The number of benzene rings is 1. The van der Waals surface area contributed by atoms with E-state index in [1.54, 1.807) is 0 Å². The first-order valence-electron chi connectivity index (χ1n) is 5.43. The number of nitrogens with zero attached hydrogens (tertiary/aromatic N) is 2. The Morgan fingerprint density at radius 3 is 2.75 bits per heavy atom. The molecule has 4 nitrogen and oxygen atoms in total. The van der Waals surface area contributed by atoms with Crippen molar-refractivity contribution in [3.05, 3.63) is 29.7 Å². The van der Waals surface area contributed by atoms with Crippen LogP contribution in [0.2, 0.25) is 0 Å². The molecule has 0 saturated heterocycles. The SMILES string of the molecule is Cc1cc(N)cc(-c2nnc(C3CC3)o2)c1. The Balaban J connectivity index is 2.00. The first kappa shape index (κ1) is 9.39. The van der Waals surface area contributed by atoms with Gasteiger partial charge in [0, 0.05) is 17.2 Å². The lowest BCUT2D eigenvalue weighted by molar-refractivity contribution is 0.508. The summed E-state index contributed by atoms with van der Waals surface area (Å²) >= 11 is 0. The molecule has 1 aromatic heterocycles. The summed E-state index contributed by atoms with van der Waals surface area (Å²) in [5.41, 5.74) is 8.51. The van der Waals surface area contributed by atoms with Crippen molar-refractivity contribution in [2.24, 2.45) is 0 Å². The minimum atomic E-state index is 0.489. The Morgan fingerprint density at radius 2 is 2.06 bits per heavy atom. The second-order valence-corrected chi connectivity index (χ2v) is 4.35. The third-order valence-electron chi connectivity index (χ3n) is 2.71. The maximum atomic E-state index is 5.79. The average Bonchev–Trinajstić information content (AvgIpc) is 2.95. The molecule has 0 radical (unpaired) electrons. The molecule has 3 rings (SSSR count). The quantitative estimate of drug-likeness (QED) is 0.782. The minimum Gasteiger partial charge on any atom is -0.420 e. The van der Waals surface area contributed by atoms with E-state index < -0.39 is 0 Å². The topological polar surface area (TPSA) is 64.9 Å². The molecular weight excluding hydrogens is 202 g/mol. The highest BCUT2D eigenvalue weighted by atomic mass is 16.4. The number of nitrogens with two attached hydrogens (primary N) is 1. The van der Waals surface area contributed by atoms with Crippen molar-refractivity contribution in [3.63, 3.8) is 0 Å². The van der Waals surface area contributed by atoms with Crippen LogP contribution in [0, 0.1) is 6.92 Å². The van der Waals surface area contributed by atoms with Gasteiger partial charge in [-0.1, -0.05) is 0 Å². The smallest absolute Gasteiger partial charge is 0.247 e. The monoisotopic (exact) mass is 215 g/mol. The molecule has 0 aliphatic heterocycles. The summed E-state index contributed by atoms with van der Waals surface area (Å²) in [5, 5.41) is 8.11. The maximum absolute atomic E-state index is 5.79. The molecule has 1 aliphatic rings. The molecule has 16 heavy (non-hydrogen) atoms. The van der Waals surface area contributed by atoms with Gasteiger partial charge in [-0.3, -0.25) is 0 Å². The molecule has 0 spiro atoms. The first-order chi connectivity index (χ1) is 7.72. The minimum absolute atomic E-state index is 0.489. The van der Waals surface area contributed by atoms with Gasteiger partial charge in [-0.05, 0) is 43.5 Å². The molecule has 4 heteroatoms. The molecule has 0 unspecified atom stereocenters. The van der Waals surface area contributed by atoms with E-state index in [9.17, 15) is 0 Å². The van der Waals surface area contributed by atoms with Gasteiger partial charge in [0.1, 0.15) is 0 Å². The van der Waals surface area contributed by atoms with E-state index >= 15 is 0 Å². The van der Waals surface area contributed by atoms with E-state index in [1.807, 2.05) is 25.1 Å². The lowest BCUT2D eigenvalue weighted by atomic mass is 10.1. The Kier molecular flexibility index (Phi) is 1.96. The fraction of sp³-hybridized carbons (Fsp3) is 0.333. The molecule has 2 N–H and O–H groups in total. The predicted molar refractivity (Wildman–Crippen MR) is 60.9 cm³/mol. The molecule has 1 aromatic carbocycles. The summed E-state index contributed by atoms with van der Waals surface area (Å²) in [6.07, 6.45) is 2.33. The Labute approximate surface area is 93.5 Å². The summed E-state index contributed by atoms with van der Waals surface area (Å²) in [6, 6.07) is 5.78.